The Bertz CT molecular complexity index is 1250. The molecule has 0 saturated heterocycles. The fourth-order valence-corrected chi connectivity index (χ4v) is 4.42. The molecular weight excluding hydrogens is 442 g/mol. The minimum Gasteiger partial charge on any atom is -0.487 e. The summed E-state index contributed by atoms with van der Waals surface area (Å²) >= 11 is 0. The number of hydrogen-bond donors (Lipinski definition) is 1. The van der Waals surface area contributed by atoms with Crippen LogP contribution in [0, 0.1) is 5.41 Å². The summed E-state index contributed by atoms with van der Waals surface area (Å²) in [6, 6.07) is 11.3. The highest BCUT2D eigenvalue weighted by atomic mass is 16.5. The van der Waals surface area contributed by atoms with Crippen molar-refractivity contribution in [3.05, 3.63) is 71.8 Å². The number of pyridine rings is 1. The maximum Gasteiger partial charge on any atom is 0.303 e. The zero-order valence-electron chi connectivity index (χ0n) is 20.6. The van der Waals surface area contributed by atoms with Crippen molar-refractivity contribution < 1.29 is 19.4 Å². The van der Waals surface area contributed by atoms with Crippen LogP contribution >= 0.6 is 0 Å². The Morgan fingerprint density at radius 2 is 2.00 bits per heavy atom. The summed E-state index contributed by atoms with van der Waals surface area (Å²) in [6.07, 6.45) is 7.85. The fourth-order valence-electron chi connectivity index (χ4n) is 4.42. The van der Waals surface area contributed by atoms with Gasteiger partial charge in [-0.25, -0.2) is 9.97 Å². The minimum atomic E-state index is -0.817. The number of methoxy groups -OCH3 is 1. The van der Waals surface area contributed by atoms with E-state index in [1.54, 1.807) is 19.5 Å². The molecule has 2 aromatic heterocycles. The van der Waals surface area contributed by atoms with Gasteiger partial charge in [0.2, 0.25) is 5.88 Å². The molecular formula is C28H31N3O4. The minimum absolute atomic E-state index is 0.00532. The number of nitrogens with zero attached hydrogens (tertiary/aromatic N) is 3. The van der Waals surface area contributed by atoms with Gasteiger partial charge in [0.25, 0.3) is 0 Å². The van der Waals surface area contributed by atoms with Crippen molar-refractivity contribution in [3.63, 3.8) is 0 Å². The van der Waals surface area contributed by atoms with Crippen molar-refractivity contribution >= 4 is 11.5 Å². The molecule has 7 nitrogen and oxygen atoms in total. The largest absolute Gasteiger partial charge is 0.487 e. The first-order valence-corrected chi connectivity index (χ1v) is 11.8. The number of ether oxygens (including phenoxy) is 2. The second-order valence-electron chi connectivity index (χ2n) is 9.55. The molecule has 4 rings (SSSR count). The van der Waals surface area contributed by atoms with Gasteiger partial charge in [-0.15, -0.1) is 0 Å². The number of carbonyl (C=O) groups is 1. The zero-order chi connectivity index (χ0) is 25.0. The summed E-state index contributed by atoms with van der Waals surface area (Å²) in [5.74, 6) is 0.282. The molecule has 0 radical (unpaired) electrons. The van der Waals surface area contributed by atoms with Gasteiger partial charge in [-0.2, -0.15) is 0 Å². The normalized spacial score (nSPS) is 15.4. The molecule has 2 heterocycles. The number of carboxylic acids is 1. The van der Waals surface area contributed by atoms with Gasteiger partial charge in [-0.05, 0) is 53.5 Å². The number of carboxylic acid groups (broad SMARTS) is 1. The number of benzene rings is 1. The predicted octanol–water partition coefficient (Wildman–Crippen LogP) is 5.91. The Kier molecular flexibility index (Phi) is 7.15. The van der Waals surface area contributed by atoms with Crippen LogP contribution in [0.4, 0.5) is 0 Å². The molecule has 0 saturated carbocycles. The maximum absolute atomic E-state index is 11.1. The molecule has 1 N–H and O–H groups in total. The van der Waals surface area contributed by atoms with Crippen LogP contribution < -0.4 is 9.47 Å². The molecule has 1 aliphatic carbocycles. The third kappa shape index (κ3) is 5.67. The van der Waals surface area contributed by atoms with Crippen molar-refractivity contribution in [1.29, 1.82) is 0 Å². The van der Waals surface area contributed by atoms with Gasteiger partial charge >= 0.3 is 5.97 Å². The SMILES string of the molecule is COc1cc(-c2ncc(COc3cccc([C@H](C)CC(=O)O)c3)nc2C2=CCCC2(C)C)ccn1. The van der Waals surface area contributed by atoms with Gasteiger partial charge in [0.15, 0.2) is 0 Å². The smallest absolute Gasteiger partial charge is 0.303 e. The molecule has 1 atom stereocenters. The number of aromatic nitrogens is 3. The van der Waals surface area contributed by atoms with Crippen LogP contribution in [0.2, 0.25) is 0 Å². The average Bonchev–Trinajstić information content (AvgIpc) is 3.21. The van der Waals surface area contributed by atoms with Crippen LogP contribution in [0.1, 0.15) is 62.9 Å². The molecule has 0 fully saturated rings. The molecule has 182 valence electrons. The predicted molar refractivity (Wildman–Crippen MR) is 134 cm³/mol. The van der Waals surface area contributed by atoms with E-state index in [0.29, 0.717) is 11.6 Å². The van der Waals surface area contributed by atoms with Crippen molar-refractivity contribution in [2.24, 2.45) is 5.41 Å². The Morgan fingerprint density at radius 1 is 1.17 bits per heavy atom. The summed E-state index contributed by atoms with van der Waals surface area (Å²) in [6.45, 7) is 6.62. The number of allylic oxidation sites excluding steroid dienone is 2. The fraction of sp³-hybridized carbons (Fsp3) is 0.357. The van der Waals surface area contributed by atoms with Crippen LogP contribution in [-0.4, -0.2) is 33.1 Å². The molecule has 0 amide bonds. The van der Waals surface area contributed by atoms with Gasteiger partial charge in [0.1, 0.15) is 12.4 Å². The van der Waals surface area contributed by atoms with Crippen LogP contribution in [0.15, 0.2) is 54.9 Å². The Hall–Kier alpha value is -3.74. The second-order valence-corrected chi connectivity index (χ2v) is 9.55. The van der Waals surface area contributed by atoms with E-state index in [2.05, 4.69) is 24.9 Å². The molecule has 0 bridgehead atoms. The Balaban J connectivity index is 1.63. The summed E-state index contributed by atoms with van der Waals surface area (Å²) in [5.41, 5.74) is 5.37. The second kappa shape index (κ2) is 10.3. The van der Waals surface area contributed by atoms with Gasteiger partial charge in [-0.3, -0.25) is 9.78 Å². The van der Waals surface area contributed by atoms with Crippen LogP contribution in [0.5, 0.6) is 11.6 Å². The molecule has 7 heteroatoms. The molecule has 0 spiro atoms. The number of rotatable bonds is 9. The Morgan fingerprint density at radius 3 is 2.71 bits per heavy atom. The molecule has 0 aliphatic heterocycles. The van der Waals surface area contributed by atoms with E-state index < -0.39 is 5.97 Å². The Labute approximate surface area is 205 Å². The van der Waals surface area contributed by atoms with E-state index in [9.17, 15) is 4.79 Å². The van der Waals surface area contributed by atoms with Crippen molar-refractivity contribution in [2.45, 2.75) is 52.6 Å². The van der Waals surface area contributed by atoms with E-state index in [1.807, 2.05) is 43.3 Å². The van der Waals surface area contributed by atoms with E-state index in [-0.39, 0.29) is 24.4 Å². The molecule has 35 heavy (non-hydrogen) atoms. The van der Waals surface area contributed by atoms with Crippen molar-refractivity contribution in [1.82, 2.24) is 15.0 Å². The summed E-state index contributed by atoms with van der Waals surface area (Å²) in [4.78, 5) is 25.1. The van der Waals surface area contributed by atoms with E-state index >= 15 is 0 Å². The molecule has 3 aromatic rings. The van der Waals surface area contributed by atoms with Crippen LogP contribution in [0.25, 0.3) is 16.8 Å². The molecule has 0 unspecified atom stereocenters. The summed E-state index contributed by atoms with van der Waals surface area (Å²) in [7, 11) is 1.60. The standard InChI is InChI=1S/C28H31N3O4/c1-18(13-25(32)33)19-7-5-8-22(14-19)35-17-21-16-30-26(20-10-12-29-24(15-20)34-4)27(31-21)23-9-6-11-28(23,2)3/h5,7-10,12,14-16,18H,6,11,13,17H2,1-4H3,(H,32,33)/t18-/m1/s1. The lowest BCUT2D eigenvalue weighted by Crippen LogP contribution is -2.13. The van der Waals surface area contributed by atoms with E-state index in [0.717, 1.165) is 41.1 Å². The highest BCUT2D eigenvalue weighted by molar-refractivity contribution is 5.80. The van der Waals surface area contributed by atoms with E-state index in [4.69, 9.17) is 24.5 Å². The van der Waals surface area contributed by atoms with Crippen molar-refractivity contribution in [2.75, 3.05) is 7.11 Å². The number of aliphatic carboxylic acids is 1. The quantitative estimate of drug-likeness (QED) is 0.413. The zero-order valence-corrected chi connectivity index (χ0v) is 20.6. The lowest BCUT2D eigenvalue weighted by atomic mass is 9.83. The lowest BCUT2D eigenvalue weighted by molar-refractivity contribution is -0.137. The third-order valence-electron chi connectivity index (χ3n) is 6.44. The van der Waals surface area contributed by atoms with Crippen molar-refractivity contribution in [3.8, 4) is 22.9 Å². The maximum atomic E-state index is 11.1. The van der Waals surface area contributed by atoms with Crippen LogP contribution in [0.3, 0.4) is 0 Å². The summed E-state index contributed by atoms with van der Waals surface area (Å²) < 4.78 is 11.4. The van der Waals surface area contributed by atoms with Gasteiger partial charge in [0.05, 0.1) is 36.8 Å². The third-order valence-corrected chi connectivity index (χ3v) is 6.44. The van der Waals surface area contributed by atoms with E-state index in [1.165, 1.54) is 5.57 Å². The topological polar surface area (TPSA) is 94.4 Å². The first kappa shape index (κ1) is 24.4. The lowest BCUT2D eigenvalue weighted by Gasteiger charge is -2.24. The monoisotopic (exact) mass is 473 g/mol. The van der Waals surface area contributed by atoms with Gasteiger partial charge in [0, 0.05) is 17.8 Å². The highest BCUT2D eigenvalue weighted by Crippen LogP contribution is 2.45. The van der Waals surface area contributed by atoms with Gasteiger partial charge in [-0.1, -0.05) is 39.0 Å². The van der Waals surface area contributed by atoms with Crippen LogP contribution in [-0.2, 0) is 11.4 Å². The summed E-state index contributed by atoms with van der Waals surface area (Å²) in [5, 5.41) is 9.09. The average molecular weight is 474 g/mol. The van der Waals surface area contributed by atoms with Gasteiger partial charge < -0.3 is 14.6 Å². The first-order chi connectivity index (χ1) is 16.8. The molecule has 1 aliphatic rings. The highest BCUT2D eigenvalue weighted by Gasteiger charge is 2.31. The molecule has 1 aromatic carbocycles. The number of hydrogen-bond acceptors (Lipinski definition) is 6. The first-order valence-electron chi connectivity index (χ1n) is 11.8.